The molecule has 1 aliphatic heterocycles. The van der Waals surface area contributed by atoms with E-state index in [0.29, 0.717) is 18.7 Å². The number of nitrogens with zero attached hydrogens (tertiary/aromatic N) is 2. The van der Waals surface area contributed by atoms with Gasteiger partial charge in [0.25, 0.3) is 0 Å². The van der Waals surface area contributed by atoms with Gasteiger partial charge in [-0.1, -0.05) is 6.08 Å². The molecule has 0 atom stereocenters. The molecule has 0 unspecified atom stereocenters. The minimum Gasteiger partial charge on any atom is -0.465 e. The topological polar surface area (TPSA) is 59.5 Å². The van der Waals surface area contributed by atoms with Gasteiger partial charge < -0.3 is 9.64 Å². The van der Waals surface area contributed by atoms with E-state index >= 15 is 0 Å². The van der Waals surface area contributed by atoms with Gasteiger partial charge in [-0.3, -0.25) is 9.78 Å². The Morgan fingerprint density at radius 2 is 2.16 bits per heavy atom. The predicted molar refractivity (Wildman–Crippen MR) is 70.4 cm³/mol. The molecule has 5 heteroatoms. The van der Waals surface area contributed by atoms with E-state index in [4.69, 9.17) is 0 Å². The normalized spacial score (nSPS) is 14.8. The lowest BCUT2D eigenvalue weighted by molar-refractivity contribution is -0.128. The number of hydrogen-bond donors (Lipinski definition) is 0. The van der Waals surface area contributed by atoms with Gasteiger partial charge in [-0.25, -0.2) is 4.79 Å². The Bertz CT molecular complexity index is 537. The van der Waals surface area contributed by atoms with Crippen LogP contribution >= 0.6 is 0 Å². The van der Waals surface area contributed by atoms with Gasteiger partial charge in [-0.05, 0) is 23.6 Å². The van der Waals surface area contributed by atoms with Crippen molar-refractivity contribution in [2.24, 2.45) is 0 Å². The zero-order chi connectivity index (χ0) is 13.8. The Labute approximate surface area is 111 Å². The number of carbonyl (C=O) groups is 2. The molecule has 5 nitrogen and oxygen atoms in total. The molecule has 0 spiro atoms. The van der Waals surface area contributed by atoms with Crippen LogP contribution < -0.4 is 0 Å². The Hall–Kier alpha value is -2.17. The first-order valence-electron chi connectivity index (χ1n) is 6.10. The third-order valence-electron chi connectivity index (χ3n) is 3.18. The van der Waals surface area contributed by atoms with Crippen molar-refractivity contribution in [3.8, 4) is 0 Å². The van der Waals surface area contributed by atoms with E-state index in [1.807, 2.05) is 6.08 Å². The molecule has 0 aromatic carbocycles. The molecule has 0 saturated carbocycles. The highest BCUT2D eigenvalue weighted by Gasteiger charge is 2.16. The van der Waals surface area contributed by atoms with Crippen LogP contribution in [-0.2, 0) is 9.53 Å². The fraction of sp³-hybridized carbons (Fsp3) is 0.357. The molecule has 0 bridgehead atoms. The summed E-state index contributed by atoms with van der Waals surface area (Å²) in [7, 11) is 1.35. The van der Waals surface area contributed by atoms with Gasteiger partial charge in [0.15, 0.2) is 0 Å². The molecular formula is C14H16N2O3. The van der Waals surface area contributed by atoms with Crippen molar-refractivity contribution in [2.75, 3.05) is 20.2 Å². The van der Waals surface area contributed by atoms with Crippen molar-refractivity contribution in [3.05, 3.63) is 35.7 Å². The summed E-state index contributed by atoms with van der Waals surface area (Å²) < 4.78 is 4.68. The summed E-state index contributed by atoms with van der Waals surface area (Å²) in [5.74, 6) is -0.312. The number of ether oxygens (including phenoxy) is 1. The van der Waals surface area contributed by atoms with Crippen LogP contribution in [0.25, 0.3) is 5.57 Å². The maximum atomic E-state index is 11.5. The molecule has 2 heterocycles. The standard InChI is InChI=1S/C14H16N2O3/c1-10(17)16-5-3-11(4-6-16)12-7-13(9-15-8-12)14(18)19-2/h3,7-9H,4-6H2,1-2H3. The fourth-order valence-electron chi connectivity index (χ4n) is 2.06. The molecule has 0 fully saturated rings. The molecular weight excluding hydrogens is 244 g/mol. The maximum absolute atomic E-state index is 11.5. The van der Waals surface area contributed by atoms with Crippen molar-refractivity contribution >= 4 is 17.4 Å². The molecule has 1 aromatic heterocycles. The van der Waals surface area contributed by atoms with Crippen molar-refractivity contribution in [3.63, 3.8) is 0 Å². The third kappa shape index (κ3) is 2.99. The van der Waals surface area contributed by atoms with Gasteiger partial charge in [0.2, 0.25) is 5.91 Å². The summed E-state index contributed by atoms with van der Waals surface area (Å²) in [6.45, 7) is 2.87. The SMILES string of the molecule is COC(=O)c1cncc(C2=CCN(C(C)=O)CC2)c1. The minimum absolute atomic E-state index is 0.0803. The predicted octanol–water partition coefficient (Wildman–Crippen LogP) is 1.50. The molecule has 19 heavy (non-hydrogen) atoms. The largest absolute Gasteiger partial charge is 0.465 e. The highest BCUT2D eigenvalue weighted by atomic mass is 16.5. The monoisotopic (exact) mass is 260 g/mol. The fourth-order valence-corrected chi connectivity index (χ4v) is 2.06. The van der Waals surface area contributed by atoms with Crippen molar-refractivity contribution in [1.82, 2.24) is 9.88 Å². The van der Waals surface area contributed by atoms with Crippen LogP contribution in [0.1, 0.15) is 29.3 Å². The highest BCUT2D eigenvalue weighted by molar-refractivity contribution is 5.90. The Morgan fingerprint density at radius 3 is 2.74 bits per heavy atom. The molecule has 2 rings (SSSR count). The van der Waals surface area contributed by atoms with Gasteiger partial charge in [0.05, 0.1) is 12.7 Å². The first-order chi connectivity index (χ1) is 9.11. The van der Waals surface area contributed by atoms with E-state index in [1.165, 1.54) is 13.3 Å². The van der Waals surface area contributed by atoms with Crippen molar-refractivity contribution in [2.45, 2.75) is 13.3 Å². The van der Waals surface area contributed by atoms with Gasteiger partial charge in [-0.2, -0.15) is 0 Å². The lowest BCUT2D eigenvalue weighted by Crippen LogP contribution is -2.32. The summed E-state index contributed by atoms with van der Waals surface area (Å²) in [5, 5.41) is 0. The van der Waals surface area contributed by atoms with E-state index in [1.54, 1.807) is 24.1 Å². The van der Waals surface area contributed by atoms with Crippen LogP contribution in [0.5, 0.6) is 0 Å². The van der Waals surface area contributed by atoms with Crippen molar-refractivity contribution < 1.29 is 14.3 Å². The second-order valence-electron chi connectivity index (χ2n) is 4.40. The summed E-state index contributed by atoms with van der Waals surface area (Å²) in [6, 6.07) is 1.77. The Morgan fingerprint density at radius 1 is 1.37 bits per heavy atom. The van der Waals surface area contributed by atoms with E-state index < -0.39 is 5.97 Å². The van der Waals surface area contributed by atoms with E-state index in [9.17, 15) is 9.59 Å². The van der Waals surface area contributed by atoms with Crippen LogP contribution in [0.2, 0.25) is 0 Å². The van der Waals surface area contributed by atoms with E-state index in [2.05, 4.69) is 9.72 Å². The van der Waals surface area contributed by atoms with E-state index in [0.717, 1.165) is 17.6 Å². The zero-order valence-corrected chi connectivity index (χ0v) is 11.0. The lowest BCUT2D eigenvalue weighted by atomic mass is 10.00. The smallest absolute Gasteiger partial charge is 0.339 e. The number of methoxy groups -OCH3 is 1. The van der Waals surface area contributed by atoms with Crippen LogP contribution in [0, 0.1) is 0 Å². The lowest BCUT2D eigenvalue weighted by Gasteiger charge is -2.25. The first kappa shape index (κ1) is 13.3. The van der Waals surface area contributed by atoms with Gasteiger partial charge in [0.1, 0.15) is 0 Å². The van der Waals surface area contributed by atoms with E-state index in [-0.39, 0.29) is 5.91 Å². The minimum atomic E-state index is -0.392. The van der Waals surface area contributed by atoms with Crippen LogP contribution in [-0.4, -0.2) is 42.0 Å². The molecule has 1 aliphatic rings. The first-order valence-corrected chi connectivity index (χ1v) is 6.10. The molecule has 0 N–H and O–H groups in total. The summed E-state index contributed by atoms with van der Waals surface area (Å²) >= 11 is 0. The van der Waals surface area contributed by atoms with Crippen molar-refractivity contribution in [1.29, 1.82) is 0 Å². The summed E-state index contributed by atoms with van der Waals surface area (Å²) in [4.78, 5) is 28.5. The summed E-state index contributed by atoms with van der Waals surface area (Å²) in [5.41, 5.74) is 2.46. The van der Waals surface area contributed by atoms with Crippen LogP contribution in [0.15, 0.2) is 24.5 Å². The second-order valence-corrected chi connectivity index (χ2v) is 4.40. The Balaban J connectivity index is 2.19. The van der Waals surface area contributed by atoms with Crippen LogP contribution in [0.4, 0.5) is 0 Å². The molecule has 0 radical (unpaired) electrons. The molecule has 0 saturated heterocycles. The number of hydrogen-bond acceptors (Lipinski definition) is 4. The second kappa shape index (κ2) is 5.65. The maximum Gasteiger partial charge on any atom is 0.339 e. The summed E-state index contributed by atoms with van der Waals surface area (Å²) in [6.07, 6.45) is 5.98. The number of pyridine rings is 1. The third-order valence-corrected chi connectivity index (χ3v) is 3.18. The van der Waals surface area contributed by atoms with Gasteiger partial charge in [-0.15, -0.1) is 0 Å². The number of amides is 1. The number of esters is 1. The Kier molecular flexibility index (Phi) is 3.94. The molecule has 100 valence electrons. The highest BCUT2D eigenvalue weighted by Crippen LogP contribution is 2.22. The van der Waals surface area contributed by atoms with Gasteiger partial charge >= 0.3 is 5.97 Å². The average molecular weight is 260 g/mol. The average Bonchev–Trinajstić information content (AvgIpc) is 2.46. The quantitative estimate of drug-likeness (QED) is 0.756. The van der Waals surface area contributed by atoms with Gasteiger partial charge in [0, 0.05) is 32.4 Å². The molecule has 1 amide bonds. The number of carbonyl (C=O) groups excluding carboxylic acids is 2. The molecule has 1 aromatic rings. The number of rotatable bonds is 2. The van der Waals surface area contributed by atoms with Crippen LogP contribution in [0.3, 0.4) is 0 Å². The number of aromatic nitrogens is 1. The molecule has 0 aliphatic carbocycles. The zero-order valence-electron chi connectivity index (χ0n) is 11.0.